The molecule has 1 saturated heterocycles. The number of ether oxygens (including phenoxy) is 2. The third-order valence-electron chi connectivity index (χ3n) is 4.57. The molecule has 3 heteroatoms. The molecule has 1 aliphatic heterocycles. The lowest BCUT2D eigenvalue weighted by Crippen LogP contribution is -2.23. The van der Waals surface area contributed by atoms with E-state index in [2.05, 4.69) is 13.8 Å². The number of unbranched alkanes of at least 4 members (excludes halogenated alkanes) is 1. The van der Waals surface area contributed by atoms with Crippen LogP contribution in [-0.2, 0) is 9.47 Å². The summed E-state index contributed by atoms with van der Waals surface area (Å²) >= 11 is 0. The first-order chi connectivity index (χ1) is 9.59. The molecular formula is C17H33FO2. The van der Waals surface area contributed by atoms with E-state index in [-0.39, 0.29) is 24.3 Å². The first-order valence-corrected chi connectivity index (χ1v) is 8.39. The summed E-state index contributed by atoms with van der Waals surface area (Å²) in [7, 11) is 0. The van der Waals surface area contributed by atoms with E-state index >= 15 is 0 Å². The Morgan fingerprint density at radius 1 is 1.35 bits per heavy atom. The number of hydrogen-bond donors (Lipinski definition) is 0. The maximum absolute atomic E-state index is 12.7. The van der Waals surface area contributed by atoms with Crippen LogP contribution in [0.15, 0.2) is 0 Å². The predicted octanol–water partition coefficient (Wildman–Crippen LogP) is 5.11. The van der Waals surface area contributed by atoms with Crippen LogP contribution >= 0.6 is 0 Å². The molecule has 1 heterocycles. The Morgan fingerprint density at radius 3 is 2.75 bits per heavy atom. The fourth-order valence-corrected chi connectivity index (χ4v) is 3.03. The molecule has 2 nitrogen and oxygen atoms in total. The van der Waals surface area contributed by atoms with Crippen LogP contribution in [0, 0.1) is 11.3 Å². The minimum atomic E-state index is -0.197. The van der Waals surface area contributed by atoms with Gasteiger partial charge in [0.1, 0.15) is 0 Å². The molecule has 0 bridgehead atoms. The molecule has 1 rings (SSSR count). The predicted molar refractivity (Wildman–Crippen MR) is 81.5 cm³/mol. The van der Waals surface area contributed by atoms with Crippen LogP contribution in [0.5, 0.6) is 0 Å². The van der Waals surface area contributed by atoms with Gasteiger partial charge in [-0.25, -0.2) is 0 Å². The van der Waals surface area contributed by atoms with Gasteiger partial charge in [0.05, 0.1) is 6.67 Å². The molecule has 0 amide bonds. The highest BCUT2D eigenvalue weighted by molar-refractivity contribution is 4.75. The van der Waals surface area contributed by atoms with Gasteiger partial charge in [-0.15, -0.1) is 0 Å². The van der Waals surface area contributed by atoms with Crippen molar-refractivity contribution in [3.63, 3.8) is 0 Å². The second-order valence-corrected chi connectivity index (χ2v) is 6.75. The van der Waals surface area contributed by atoms with Gasteiger partial charge >= 0.3 is 0 Å². The van der Waals surface area contributed by atoms with Gasteiger partial charge in [-0.2, -0.15) is 0 Å². The third-order valence-corrected chi connectivity index (χ3v) is 4.57. The minimum Gasteiger partial charge on any atom is -0.353 e. The normalized spacial score (nSPS) is 24.3. The van der Waals surface area contributed by atoms with Crippen molar-refractivity contribution in [2.75, 3.05) is 19.9 Å². The zero-order valence-corrected chi connectivity index (χ0v) is 13.6. The van der Waals surface area contributed by atoms with Crippen LogP contribution in [0.3, 0.4) is 0 Å². The molecular weight excluding hydrogens is 255 g/mol. The second-order valence-electron chi connectivity index (χ2n) is 6.75. The molecule has 20 heavy (non-hydrogen) atoms. The molecule has 0 unspecified atom stereocenters. The maximum Gasteiger partial charge on any atom is 0.157 e. The summed E-state index contributed by atoms with van der Waals surface area (Å²) in [5, 5.41) is 0. The SMILES string of the molecule is CC[C@@](C)(CCCCO[C@H]1CCCCO1)C[C@@H](C)CF. The van der Waals surface area contributed by atoms with E-state index < -0.39 is 0 Å². The molecule has 0 N–H and O–H groups in total. The Morgan fingerprint density at radius 2 is 2.15 bits per heavy atom. The first-order valence-electron chi connectivity index (χ1n) is 8.39. The highest BCUT2D eigenvalue weighted by Gasteiger charge is 2.24. The lowest BCUT2D eigenvalue weighted by molar-refractivity contribution is -0.163. The maximum atomic E-state index is 12.7. The number of alkyl halides is 1. The van der Waals surface area contributed by atoms with E-state index in [4.69, 9.17) is 9.47 Å². The van der Waals surface area contributed by atoms with E-state index in [1.54, 1.807) is 0 Å². The Labute approximate surface area is 124 Å². The second kappa shape index (κ2) is 9.73. The van der Waals surface area contributed by atoms with Crippen molar-refractivity contribution >= 4 is 0 Å². The lowest BCUT2D eigenvalue weighted by Gasteiger charge is -2.30. The summed E-state index contributed by atoms with van der Waals surface area (Å²) in [6.07, 6.45) is 9.00. The zero-order chi connectivity index (χ0) is 14.8. The van der Waals surface area contributed by atoms with Gasteiger partial charge in [-0.3, -0.25) is 4.39 Å². The topological polar surface area (TPSA) is 18.5 Å². The van der Waals surface area contributed by atoms with Gasteiger partial charge < -0.3 is 9.47 Å². The third kappa shape index (κ3) is 7.03. The molecule has 0 aliphatic carbocycles. The standard InChI is InChI=1S/C17H33FO2/c1-4-17(3,13-15(2)14-18)10-6-8-12-20-16-9-5-7-11-19-16/h15-16H,4-14H2,1-3H3/t15-,16+,17+/m1/s1. The van der Waals surface area contributed by atoms with Crippen LogP contribution < -0.4 is 0 Å². The minimum absolute atomic E-state index is 0.0351. The van der Waals surface area contributed by atoms with E-state index in [1.165, 1.54) is 19.3 Å². The smallest absolute Gasteiger partial charge is 0.157 e. The van der Waals surface area contributed by atoms with Gasteiger partial charge in [-0.1, -0.05) is 33.6 Å². The van der Waals surface area contributed by atoms with E-state index in [0.717, 1.165) is 45.3 Å². The van der Waals surface area contributed by atoms with Crippen molar-refractivity contribution in [1.29, 1.82) is 0 Å². The van der Waals surface area contributed by atoms with Crippen LogP contribution in [0.2, 0.25) is 0 Å². The van der Waals surface area contributed by atoms with Crippen LogP contribution in [0.4, 0.5) is 4.39 Å². The van der Waals surface area contributed by atoms with Crippen molar-refractivity contribution in [1.82, 2.24) is 0 Å². The van der Waals surface area contributed by atoms with Crippen molar-refractivity contribution < 1.29 is 13.9 Å². The van der Waals surface area contributed by atoms with Crippen LogP contribution in [-0.4, -0.2) is 26.2 Å². The average molecular weight is 288 g/mol. The molecule has 3 atom stereocenters. The highest BCUT2D eigenvalue weighted by atomic mass is 19.1. The molecule has 0 aromatic heterocycles. The molecule has 0 saturated carbocycles. The quantitative estimate of drug-likeness (QED) is 0.520. The molecule has 0 radical (unpaired) electrons. The summed E-state index contributed by atoms with van der Waals surface area (Å²) in [5.74, 6) is 0.187. The first kappa shape index (κ1) is 17.9. The fourth-order valence-electron chi connectivity index (χ4n) is 3.03. The molecule has 0 aromatic rings. The summed E-state index contributed by atoms with van der Waals surface area (Å²) in [5.41, 5.74) is 0.285. The fraction of sp³-hybridized carbons (Fsp3) is 1.00. The van der Waals surface area contributed by atoms with Crippen LogP contribution in [0.1, 0.15) is 72.1 Å². The van der Waals surface area contributed by atoms with Gasteiger partial charge in [0.15, 0.2) is 6.29 Å². The van der Waals surface area contributed by atoms with Gasteiger partial charge in [0, 0.05) is 13.2 Å². The summed E-state index contributed by atoms with van der Waals surface area (Å²) < 4.78 is 24.0. The van der Waals surface area contributed by atoms with E-state index in [9.17, 15) is 4.39 Å². The van der Waals surface area contributed by atoms with Crippen LogP contribution in [0.25, 0.3) is 0 Å². The Balaban J connectivity index is 2.11. The van der Waals surface area contributed by atoms with Gasteiger partial charge in [0.2, 0.25) is 0 Å². The van der Waals surface area contributed by atoms with Crippen molar-refractivity contribution in [2.24, 2.45) is 11.3 Å². The van der Waals surface area contributed by atoms with E-state index in [1.807, 2.05) is 6.92 Å². The summed E-state index contributed by atoms with van der Waals surface area (Å²) in [6, 6.07) is 0. The average Bonchev–Trinajstić information content (AvgIpc) is 2.48. The molecule has 1 fully saturated rings. The Kier molecular flexibility index (Phi) is 8.70. The molecule has 1 aliphatic rings. The number of hydrogen-bond acceptors (Lipinski definition) is 2. The summed E-state index contributed by atoms with van der Waals surface area (Å²) in [4.78, 5) is 0. The molecule has 120 valence electrons. The number of rotatable bonds is 10. The lowest BCUT2D eigenvalue weighted by atomic mass is 9.76. The monoisotopic (exact) mass is 288 g/mol. The van der Waals surface area contributed by atoms with E-state index in [0.29, 0.717) is 0 Å². The van der Waals surface area contributed by atoms with Crippen molar-refractivity contribution in [2.45, 2.75) is 78.4 Å². The highest BCUT2D eigenvalue weighted by Crippen LogP contribution is 2.35. The summed E-state index contributed by atoms with van der Waals surface area (Å²) in [6.45, 7) is 7.97. The molecule has 0 aromatic carbocycles. The van der Waals surface area contributed by atoms with Crippen molar-refractivity contribution in [3.05, 3.63) is 0 Å². The van der Waals surface area contributed by atoms with Crippen molar-refractivity contribution in [3.8, 4) is 0 Å². The van der Waals surface area contributed by atoms with Gasteiger partial charge in [0.25, 0.3) is 0 Å². The Bertz CT molecular complexity index is 241. The number of halogens is 1. The zero-order valence-electron chi connectivity index (χ0n) is 13.6. The molecule has 0 spiro atoms. The van der Waals surface area contributed by atoms with Gasteiger partial charge in [-0.05, 0) is 49.9 Å². The largest absolute Gasteiger partial charge is 0.353 e. The Hall–Kier alpha value is -0.150.